The number of anilines is 3. The number of hydrogen-bond donors (Lipinski definition) is 3. The Hall–Kier alpha value is -2.90. The monoisotopic (exact) mass is 691 g/mol. The molecule has 17 heteroatoms. The van der Waals surface area contributed by atoms with Crippen molar-refractivity contribution in [1.29, 1.82) is 0 Å². The maximum absolute atomic E-state index is 14.7. The molecule has 3 N–H and O–H groups in total. The van der Waals surface area contributed by atoms with Crippen molar-refractivity contribution in [2.45, 2.75) is 16.4 Å². The van der Waals surface area contributed by atoms with Crippen LogP contribution in [0.25, 0.3) is 0 Å². The third kappa shape index (κ3) is 6.37. The highest BCUT2D eigenvalue weighted by atomic mass is 35.5. The minimum absolute atomic E-state index is 0.0819. The zero-order valence-electron chi connectivity index (χ0n) is 20.1. The van der Waals surface area contributed by atoms with Crippen LogP contribution < -0.4 is 16.0 Å². The number of alkyl halides is 5. The van der Waals surface area contributed by atoms with Crippen LogP contribution in [0, 0.1) is 23.4 Å². The van der Waals surface area contributed by atoms with Crippen LogP contribution >= 0.6 is 58.0 Å². The van der Waals surface area contributed by atoms with Gasteiger partial charge >= 0.3 is 12.1 Å². The lowest BCUT2D eigenvalue weighted by Gasteiger charge is -2.14. The minimum Gasteiger partial charge on any atom is -0.326 e. The van der Waals surface area contributed by atoms with Crippen LogP contribution in [0.1, 0.15) is 21.8 Å². The van der Waals surface area contributed by atoms with Gasteiger partial charge < -0.3 is 16.0 Å². The van der Waals surface area contributed by atoms with Crippen LogP contribution in [0.15, 0.2) is 42.5 Å². The topological polar surface area (TPSA) is 87.3 Å². The molecule has 1 aliphatic carbocycles. The van der Waals surface area contributed by atoms with Crippen LogP contribution in [-0.2, 0) is 9.59 Å². The highest BCUT2D eigenvalue weighted by molar-refractivity contribution is 6.54. The van der Waals surface area contributed by atoms with E-state index in [4.69, 9.17) is 58.0 Å². The van der Waals surface area contributed by atoms with Gasteiger partial charge in [-0.3, -0.25) is 14.4 Å². The summed E-state index contributed by atoms with van der Waals surface area (Å²) in [5.74, 6) is -11.0. The van der Waals surface area contributed by atoms with E-state index in [2.05, 4.69) is 5.32 Å². The molecular weight excluding hydrogens is 682 g/mol. The first-order chi connectivity index (χ1) is 19.4. The number of nitrogens with one attached hydrogen (secondary N) is 3. The quantitative estimate of drug-likeness (QED) is 0.138. The van der Waals surface area contributed by atoms with Crippen molar-refractivity contribution >= 4 is 92.8 Å². The molecule has 1 unspecified atom stereocenters. The molecule has 222 valence electrons. The maximum atomic E-state index is 14.7. The lowest BCUT2D eigenvalue weighted by Crippen LogP contribution is -2.31. The van der Waals surface area contributed by atoms with Gasteiger partial charge in [0.2, 0.25) is 5.91 Å². The molecule has 0 bridgehead atoms. The molecule has 3 amide bonds. The summed E-state index contributed by atoms with van der Waals surface area (Å²) < 4.78 is 79.1. The van der Waals surface area contributed by atoms with Gasteiger partial charge in [0.05, 0.1) is 32.2 Å². The number of hydrogen-bond acceptors (Lipinski definition) is 3. The van der Waals surface area contributed by atoms with Crippen LogP contribution in [-0.4, -0.2) is 28.2 Å². The fraction of sp³-hybridized carbons (Fsp3) is 0.160. The predicted molar refractivity (Wildman–Crippen MR) is 146 cm³/mol. The molecule has 1 saturated carbocycles. The summed E-state index contributed by atoms with van der Waals surface area (Å²) in [7, 11) is 0. The largest absolute Gasteiger partial charge is 0.471 e. The van der Waals surface area contributed by atoms with Gasteiger partial charge in [0, 0.05) is 11.6 Å². The molecule has 0 spiro atoms. The predicted octanol–water partition coefficient (Wildman–Crippen LogP) is 8.34. The van der Waals surface area contributed by atoms with Crippen molar-refractivity contribution < 1.29 is 40.7 Å². The minimum atomic E-state index is -5.46. The van der Waals surface area contributed by atoms with E-state index in [1.54, 1.807) is 0 Å². The first-order valence-corrected chi connectivity index (χ1v) is 13.1. The molecule has 0 heterocycles. The summed E-state index contributed by atoms with van der Waals surface area (Å²) in [4.78, 5) is 36.8. The van der Waals surface area contributed by atoms with E-state index in [1.807, 2.05) is 5.32 Å². The Balaban J connectivity index is 1.53. The van der Waals surface area contributed by atoms with Crippen molar-refractivity contribution in [2.24, 2.45) is 5.92 Å². The Morgan fingerprint density at radius 2 is 1.40 bits per heavy atom. The second-order valence-corrected chi connectivity index (χ2v) is 11.4. The molecule has 0 saturated heterocycles. The second-order valence-electron chi connectivity index (χ2n) is 8.80. The number of carbonyl (C=O) groups is 3. The van der Waals surface area contributed by atoms with E-state index in [1.165, 1.54) is 12.1 Å². The first kappa shape index (κ1) is 32.0. The lowest BCUT2D eigenvalue weighted by atomic mass is 10.1. The van der Waals surface area contributed by atoms with E-state index in [-0.39, 0.29) is 20.8 Å². The van der Waals surface area contributed by atoms with Crippen molar-refractivity contribution in [1.82, 2.24) is 0 Å². The Bertz CT molecular complexity index is 1610. The van der Waals surface area contributed by atoms with Crippen LogP contribution in [0.4, 0.5) is 43.4 Å². The zero-order valence-corrected chi connectivity index (χ0v) is 23.9. The number of halogens is 11. The molecule has 3 aromatic rings. The van der Waals surface area contributed by atoms with Crippen molar-refractivity contribution in [3.63, 3.8) is 0 Å². The van der Waals surface area contributed by atoms with Crippen LogP contribution in [0.3, 0.4) is 0 Å². The Morgan fingerprint density at radius 3 is 2.00 bits per heavy atom. The molecule has 1 fully saturated rings. The van der Waals surface area contributed by atoms with Gasteiger partial charge in [0.25, 0.3) is 5.91 Å². The van der Waals surface area contributed by atoms with Gasteiger partial charge in [-0.2, -0.15) is 13.2 Å². The number of benzene rings is 3. The Morgan fingerprint density at radius 1 is 0.810 bits per heavy atom. The average molecular weight is 694 g/mol. The zero-order chi connectivity index (χ0) is 31.3. The Kier molecular flexibility index (Phi) is 8.88. The molecule has 42 heavy (non-hydrogen) atoms. The van der Waals surface area contributed by atoms with Crippen LogP contribution in [0.2, 0.25) is 15.1 Å². The van der Waals surface area contributed by atoms with Gasteiger partial charge in [0.1, 0.15) is 21.7 Å². The van der Waals surface area contributed by atoms with E-state index in [0.29, 0.717) is 17.7 Å². The SMILES string of the molecule is O=C(Nc1ccc(F)c(NC(=O)C(F)(F)F)c1F)c1cc(NC(=O)C2[C@H](c3cc(Cl)c(Cl)c(Cl)c3)C2(Cl)Cl)ccc1F. The van der Waals surface area contributed by atoms with Gasteiger partial charge in [-0.15, -0.1) is 23.2 Å². The van der Waals surface area contributed by atoms with Crippen molar-refractivity contribution in [3.05, 3.63) is 86.1 Å². The standard InChI is InChI=1S/C25H12Cl5F6N3O3/c26-11-5-8(6-12(27)18(11)28)16-17(24(16,29)30)22(41)37-9-1-2-13(31)10(7-9)21(40)38-15-4-3-14(32)20(19(15)33)39-23(42)25(34,35)36/h1-7,16-17H,(H,37,41)(H,38,40)(H,39,42)/t16-,17?/m0/s1. The van der Waals surface area contributed by atoms with Crippen molar-refractivity contribution in [2.75, 3.05) is 16.0 Å². The third-order valence-corrected chi connectivity index (χ3v) is 8.15. The van der Waals surface area contributed by atoms with Crippen molar-refractivity contribution in [3.8, 4) is 0 Å². The fourth-order valence-corrected chi connectivity index (χ4v) is 5.40. The molecule has 0 radical (unpaired) electrons. The highest BCUT2D eigenvalue weighted by Gasteiger charge is 2.67. The van der Waals surface area contributed by atoms with Gasteiger partial charge in [-0.25, -0.2) is 13.2 Å². The fourth-order valence-electron chi connectivity index (χ4n) is 3.96. The molecule has 1 aliphatic rings. The van der Waals surface area contributed by atoms with E-state index < -0.39 is 74.5 Å². The number of rotatable bonds is 6. The second kappa shape index (κ2) is 11.6. The molecule has 3 aromatic carbocycles. The summed E-state index contributed by atoms with van der Waals surface area (Å²) in [6, 6.07) is 6.72. The summed E-state index contributed by atoms with van der Waals surface area (Å²) >= 11 is 30.7. The molecule has 6 nitrogen and oxygen atoms in total. The lowest BCUT2D eigenvalue weighted by molar-refractivity contribution is -0.167. The summed E-state index contributed by atoms with van der Waals surface area (Å²) in [5, 5.41) is 5.60. The molecule has 0 aromatic heterocycles. The molecule has 0 aliphatic heterocycles. The smallest absolute Gasteiger partial charge is 0.326 e. The highest BCUT2D eigenvalue weighted by Crippen LogP contribution is 2.65. The van der Waals surface area contributed by atoms with E-state index in [9.17, 15) is 40.7 Å². The molecule has 4 rings (SSSR count). The Labute approximate surface area is 257 Å². The number of amides is 3. The average Bonchev–Trinajstić information content (AvgIpc) is 3.48. The summed E-state index contributed by atoms with van der Waals surface area (Å²) in [5.41, 5.74) is -2.84. The van der Waals surface area contributed by atoms with E-state index in [0.717, 1.165) is 23.5 Å². The van der Waals surface area contributed by atoms with Gasteiger partial charge in [-0.05, 0) is 48.0 Å². The molecule has 2 atom stereocenters. The number of carbonyl (C=O) groups excluding carboxylic acids is 3. The van der Waals surface area contributed by atoms with E-state index >= 15 is 0 Å². The van der Waals surface area contributed by atoms with Gasteiger partial charge in [0.15, 0.2) is 5.82 Å². The van der Waals surface area contributed by atoms with Gasteiger partial charge in [-0.1, -0.05) is 34.8 Å². The normalized spacial score (nSPS) is 17.4. The summed E-state index contributed by atoms with van der Waals surface area (Å²) in [6.07, 6.45) is -5.46. The third-order valence-electron chi connectivity index (χ3n) is 6.02. The summed E-state index contributed by atoms with van der Waals surface area (Å²) in [6.45, 7) is 0. The van der Waals surface area contributed by atoms with Crippen LogP contribution in [0.5, 0.6) is 0 Å². The molecular formula is C25H12Cl5F6N3O3. The first-order valence-electron chi connectivity index (χ1n) is 11.2. The maximum Gasteiger partial charge on any atom is 0.471 e.